The van der Waals surface area contributed by atoms with E-state index in [4.69, 9.17) is 4.42 Å². The van der Waals surface area contributed by atoms with Gasteiger partial charge in [0.15, 0.2) is 0 Å². The van der Waals surface area contributed by atoms with Crippen LogP contribution in [0.25, 0.3) is 11.5 Å². The third-order valence-electron chi connectivity index (χ3n) is 5.69. The number of likely N-dealkylation sites (tertiary alicyclic amines) is 1. The van der Waals surface area contributed by atoms with Gasteiger partial charge in [0.2, 0.25) is 17.7 Å². The maximum Gasteiger partial charge on any atom is 0.416 e. The second-order valence-corrected chi connectivity index (χ2v) is 7.63. The zero-order valence-electron chi connectivity index (χ0n) is 15.4. The summed E-state index contributed by atoms with van der Waals surface area (Å²) in [4.78, 5) is 14.6. The van der Waals surface area contributed by atoms with Crippen molar-refractivity contribution < 1.29 is 22.4 Å². The summed E-state index contributed by atoms with van der Waals surface area (Å²) in [6, 6.07) is 4.66. The zero-order valence-corrected chi connectivity index (χ0v) is 15.4. The van der Waals surface area contributed by atoms with Gasteiger partial charge in [-0.1, -0.05) is 12.8 Å². The van der Waals surface area contributed by atoms with Gasteiger partial charge in [-0.25, -0.2) is 0 Å². The molecule has 2 fully saturated rings. The molecule has 1 saturated heterocycles. The van der Waals surface area contributed by atoms with Gasteiger partial charge in [-0.15, -0.1) is 10.2 Å². The number of carbonyl (C=O) groups excluding carboxylic acids is 1. The second-order valence-electron chi connectivity index (χ2n) is 7.63. The molecule has 1 aliphatic heterocycles. The fraction of sp³-hybridized carbons (Fsp3) is 0.550. The highest BCUT2D eigenvalue weighted by Gasteiger charge is 2.33. The zero-order chi connectivity index (χ0) is 19.7. The quantitative estimate of drug-likeness (QED) is 0.762. The first kappa shape index (κ1) is 19.0. The molecule has 1 aliphatic carbocycles. The SMILES string of the molecule is O=C(C1CCCC1)N1CCCC(c2nnc(-c3ccc(C(F)(F)F)cc3)o2)C1. The van der Waals surface area contributed by atoms with Crippen LogP contribution in [0.2, 0.25) is 0 Å². The Balaban J connectivity index is 1.45. The molecule has 1 unspecified atom stereocenters. The minimum absolute atomic E-state index is 0.0326. The molecule has 0 spiro atoms. The Morgan fingerprint density at radius 1 is 1.04 bits per heavy atom. The summed E-state index contributed by atoms with van der Waals surface area (Å²) in [5.41, 5.74) is -0.272. The number of nitrogens with zero attached hydrogens (tertiary/aromatic N) is 3. The van der Waals surface area contributed by atoms with Gasteiger partial charge >= 0.3 is 6.18 Å². The lowest BCUT2D eigenvalue weighted by Gasteiger charge is -2.32. The van der Waals surface area contributed by atoms with Gasteiger partial charge in [-0.2, -0.15) is 13.2 Å². The standard InChI is InChI=1S/C20H22F3N3O2/c21-20(22,23)16-9-7-13(8-10-16)17-24-25-18(28-17)15-6-3-11-26(12-15)19(27)14-4-1-2-5-14/h7-10,14-15H,1-6,11-12H2. The van der Waals surface area contributed by atoms with E-state index in [1.54, 1.807) is 0 Å². The second kappa shape index (κ2) is 7.56. The van der Waals surface area contributed by atoms with E-state index < -0.39 is 11.7 Å². The van der Waals surface area contributed by atoms with Gasteiger partial charge in [0.25, 0.3) is 0 Å². The Hall–Kier alpha value is -2.38. The maximum atomic E-state index is 12.7. The van der Waals surface area contributed by atoms with Crippen LogP contribution in [-0.4, -0.2) is 34.1 Å². The predicted octanol–water partition coefficient (Wildman–Crippen LogP) is 4.65. The molecule has 4 rings (SSSR count). The van der Waals surface area contributed by atoms with E-state index in [1.165, 1.54) is 12.1 Å². The van der Waals surface area contributed by atoms with Crippen LogP contribution in [0.1, 0.15) is 55.9 Å². The van der Waals surface area contributed by atoms with Crippen molar-refractivity contribution in [1.29, 1.82) is 0 Å². The molecule has 150 valence electrons. The first-order valence-electron chi connectivity index (χ1n) is 9.71. The van der Waals surface area contributed by atoms with Crippen LogP contribution in [0.3, 0.4) is 0 Å². The number of halogens is 3. The third-order valence-corrected chi connectivity index (χ3v) is 5.69. The van der Waals surface area contributed by atoms with Gasteiger partial charge in [-0.05, 0) is 49.9 Å². The van der Waals surface area contributed by atoms with Crippen molar-refractivity contribution >= 4 is 5.91 Å². The highest BCUT2D eigenvalue weighted by atomic mass is 19.4. The fourth-order valence-electron chi connectivity index (χ4n) is 4.13. The van der Waals surface area contributed by atoms with E-state index in [1.807, 2.05) is 4.90 Å². The van der Waals surface area contributed by atoms with Crippen LogP contribution < -0.4 is 0 Å². The fourth-order valence-corrected chi connectivity index (χ4v) is 4.13. The van der Waals surface area contributed by atoms with Crippen LogP contribution in [0.15, 0.2) is 28.7 Å². The maximum absolute atomic E-state index is 12.7. The van der Waals surface area contributed by atoms with E-state index >= 15 is 0 Å². The smallest absolute Gasteiger partial charge is 0.416 e. The highest BCUT2D eigenvalue weighted by Crippen LogP contribution is 2.33. The van der Waals surface area contributed by atoms with Crippen molar-refractivity contribution in [3.05, 3.63) is 35.7 Å². The molecule has 1 aromatic carbocycles. The van der Waals surface area contributed by atoms with E-state index in [0.29, 0.717) is 18.0 Å². The summed E-state index contributed by atoms with van der Waals surface area (Å²) in [6.07, 6.45) is 1.53. The number of hydrogen-bond acceptors (Lipinski definition) is 4. The lowest BCUT2D eigenvalue weighted by atomic mass is 9.96. The topological polar surface area (TPSA) is 59.2 Å². The first-order valence-corrected chi connectivity index (χ1v) is 9.71. The van der Waals surface area contributed by atoms with Crippen molar-refractivity contribution in [3.8, 4) is 11.5 Å². The predicted molar refractivity (Wildman–Crippen MR) is 95.2 cm³/mol. The van der Waals surface area contributed by atoms with Crippen LogP contribution in [0.4, 0.5) is 13.2 Å². The molecular formula is C20H22F3N3O2. The van der Waals surface area contributed by atoms with Gasteiger partial charge in [-0.3, -0.25) is 4.79 Å². The summed E-state index contributed by atoms with van der Waals surface area (Å²) in [6.45, 7) is 1.32. The first-order chi connectivity index (χ1) is 13.4. The number of benzene rings is 1. The summed E-state index contributed by atoms with van der Waals surface area (Å²) in [5, 5.41) is 8.10. The minimum atomic E-state index is -4.38. The lowest BCUT2D eigenvalue weighted by molar-refractivity contribution is -0.138. The molecular weight excluding hydrogens is 371 g/mol. The van der Waals surface area contributed by atoms with Gasteiger partial charge in [0, 0.05) is 24.6 Å². The number of alkyl halides is 3. The van der Waals surface area contributed by atoms with E-state index in [-0.39, 0.29) is 23.6 Å². The molecule has 8 heteroatoms. The molecule has 0 N–H and O–H groups in total. The third kappa shape index (κ3) is 3.91. The molecule has 0 bridgehead atoms. The molecule has 1 amide bonds. The van der Waals surface area contributed by atoms with Crippen LogP contribution in [0, 0.1) is 5.92 Å². The van der Waals surface area contributed by atoms with Crippen LogP contribution in [-0.2, 0) is 11.0 Å². The summed E-state index contributed by atoms with van der Waals surface area (Å²) < 4.78 is 43.8. The normalized spacial score (nSPS) is 21.2. The highest BCUT2D eigenvalue weighted by molar-refractivity contribution is 5.79. The molecule has 0 radical (unpaired) electrons. The van der Waals surface area contributed by atoms with Crippen molar-refractivity contribution in [3.63, 3.8) is 0 Å². The number of carbonyl (C=O) groups is 1. The average Bonchev–Trinajstić information content (AvgIpc) is 3.39. The number of aromatic nitrogens is 2. The van der Waals surface area contributed by atoms with E-state index in [0.717, 1.165) is 57.2 Å². The largest absolute Gasteiger partial charge is 0.420 e. The molecule has 5 nitrogen and oxygen atoms in total. The number of rotatable bonds is 3. The van der Waals surface area contributed by atoms with E-state index in [9.17, 15) is 18.0 Å². The molecule has 1 saturated carbocycles. The summed E-state index contributed by atoms with van der Waals surface area (Å²) in [5.74, 6) is 0.977. The van der Waals surface area contributed by atoms with Gasteiger partial charge < -0.3 is 9.32 Å². The Bertz CT molecular complexity index is 826. The van der Waals surface area contributed by atoms with Crippen LogP contribution >= 0.6 is 0 Å². The molecule has 28 heavy (non-hydrogen) atoms. The summed E-state index contributed by atoms with van der Waals surface area (Å²) in [7, 11) is 0. The Labute approximate surface area is 160 Å². The summed E-state index contributed by atoms with van der Waals surface area (Å²) >= 11 is 0. The van der Waals surface area contributed by atoms with Crippen molar-refractivity contribution in [2.75, 3.05) is 13.1 Å². The molecule has 1 aromatic heterocycles. The Morgan fingerprint density at radius 2 is 1.75 bits per heavy atom. The number of amides is 1. The average molecular weight is 393 g/mol. The lowest BCUT2D eigenvalue weighted by Crippen LogP contribution is -2.41. The molecule has 2 aliphatic rings. The van der Waals surface area contributed by atoms with E-state index in [2.05, 4.69) is 10.2 Å². The molecule has 2 heterocycles. The number of piperidine rings is 1. The Morgan fingerprint density at radius 3 is 2.43 bits per heavy atom. The van der Waals surface area contributed by atoms with Crippen molar-refractivity contribution in [2.45, 2.75) is 50.6 Å². The molecule has 2 aromatic rings. The van der Waals surface area contributed by atoms with Gasteiger partial charge in [0.05, 0.1) is 11.5 Å². The van der Waals surface area contributed by atoms with Crippen LogP contribution in [0.5, 0.6) is 0 Å². The number of hydrogen-bond donors (Lipinski definition) is 0. The Kier molecular flexibility index (Phi) is 5.12. The molecule has 1 atom stereocenters. The monoisotopic (exact) mass is 393 g/mol. The van der Waals surface area contributed by atoms with Crippen molar-refractivity contribution in [1.82, 2.24) is 15.1 Å². The van der Waals surface area contributed by atoms with Gasteiger partial charge in [0.1, 0.15) is 0 Å². The minimum Gasteiger partial charge on any atom is -0.420 e. The van der Waals surface area contributed by atoms with Crippen molar-refractivity contribution in [2.24, 2.45) is 5.92 Å².